The number of hydrogen-bond donors (Lipinski definition) is 1. The van der Waals surface area contributed by atoms with Gasteiger partial charge in [0.2, 0.25) is 0 Å². The van der Waals surface area contributed by atoms with E-state index in [4.69, 9.17) is 9.84 Å². The molecule has 19 heavy (non-hydrogen) atoms. The van der Waals surface area contributed by atoms with Crippen molar-refractivity contribution in [2.75, 3.05) is 19.8 Å². The Balaban J connectivity index is 2.08. The van der Waals surface area contributed by atoms with Crippen LogP contribution in [-0.2, 0) is 9.53 Å². The zero-order valence-electron chi connectivity index (χ0n) is 12.2. The average molecular weight is 269 g/mol. The highest BCUT2D eigenvalue weighted by atomic mass is 16.5. The van der Waals surface area contributed by atoms with Crippen molar-refractivity contribution in [1.29, 1.82) is 0 Å². The van der Waals surface area contributed by atoms with Crippen LogP contribution < -0.4 is 0 Å². The third kappa shape index (κ3) is 3.69. The highest BCUT2D eigenvalue weighted by Crippen LogP contribution is 2.35. The van der Waals surface area contributed by atoms with Crippen molar-refractivity contribution >= 4 is 5.97 Å². The molecule has 0 spiro atoms. The van der Waals surface area contributed by atoms with Gasteiger partial charge in [-0.1, -0.05) is 26.7 Å². The molecule has 3 atom stereocenters. The zero-order chi connectivity index (χ0) is 13.8. The van der Waals surface area contributed by atoms with Gasteiger partial charge < -0.3 is 9.84 Å². The van der Waals surface area contributed by atoms with E-state index in [1.807, 2.05) is 0 Å². The number of aliphatic carboxylic acids is 1. The fourth-order valence-corrected chi connectivity index (χ4v) is 3.81. The number of carboxylic acid groups (broad SMARTS) is 1. The SMILES string of the molecule is CC(C)C1CCCCC1N1CCOCC1CC(=O)O. The molecule has 3 unspecified atom stereocenters. The summed E-state index contributed by atoms with van der Waals surface area (Å²) in [4.78, 5) is 13.5. The second-order valence-electron chi connectivity index (χ2n) is 6.32. The van der Waals surface area contributed by atoms with E-state index in [9.17, 15) is 4.79 Å². The largest absolute Gasteiger partial charge is 0.481 e. The van der Waals surface area contributed by atoms with Crippen LogP contribution in [-0.4, -0.2) is 47.8 Å². The first-order valence-corrected chi connectivity index (χ1v) is 7.65. The molecule has 1 aliphatic carbocycles. The molecule has 0 radical (unpaired) electrons. The summed E-state index contributed by atoms with van der Waals surface area (Å²) in [5.74, 6) is 0.680. The van der Waals surface area contributed by atoms with Crippen LogP contribution >= 0.6 is 0 Å². The van der Waals surface area contributed by atoms with Gasteiger partial charge in [-0.2, -0.15) is 0 Å². The lowest BCUT2D eigenvalue weighted by Gasteiger charge is -2.47. The second kappa shape index (κ2) is 6.71. The number of nitrogens with zero attached hydrogens (tertiary/aromatic N) is 1. The Hall–Kier alpha value is -0.610. The first kappa shape index (κ1) is 14.8. The van der Waals surface area contributed by atoms with E-state index in [2.05, 4.69) is 18.7 Å². The van der Waals surface area contributed by atoms with Gasteiger partial charge in [0.1, 0.15) is 0 Å². The Morgan fingerprint density at radius 3 is 2.79 bits per heavy atom. The van der Waals surface area contributed by atoms with Gasteiger partial charge in [-0.15, -0.1) is 0 Å². The molecular weight excluding hydrogens is 242 g/mol. The zero-order valence-corrected chi connectivity index (χ0v) is 12.2. The molecule has 0 aromatic rings. The highest BCUT2D eigenvalue weighted by Gasteiger charge is 2.37. The van der Waals surface area contributed by atoms with Gasteiger partial charge in [-0.3, -0.25) is 9.69 Å². The summed E-state index contributed by atoms with van der Waals surface area (Å²) >= 11 is 0. The van der Waals surface area contributed by atoms with Gasteiger partial charge >= 0.3 is 5.97 Å². The van der Waals surface area contributed by atoms with Crippen LogP contribution in [0, 0.1) is 11.8 Å². The third-order valence-corrected chi connectivity index (χ3v) is 4.75. The predicted octanol–water partition coefficient (Wildman–Crippen LogP) is 2.38. The number of hydrogen-bond acceptors (Lipinski definition) is 3. The quantitative estimate of drug-likeness (QED) is 0.851. The second-order valence-corrected chi connectivity index (χ2v) is 6.32. The standard InChI is InChI=1S/C15H27NO3/c1-11(2)13-5-3-4-6-14(13)16-7-8-19-10-12(16)9-15(17)18/h11-14H,3-10H2,1-2H3,(H,17,18). The van der Waals surface area contributed by atoms with Crippen LogP contribution in [0.4, 0.5) is 0 Å². The van der Waals surface area contributed by atoms with Gasteiger partial charge in [0.05, 0.1) is 19.6 Å². The van der Waals surface area contributed by atoms with Gasteiger partial charge in [0.25, 0.3) is 0 Å². The van der Waals surface area contributed by atoms with Crippen molar-refractivity contribution in [3.05, 3.63) is 0 Å². The Morgan fingerprint density at radius 2 is 2.11 bits per heavy atom. The molecule has 1 aliphatic heterocycles. The molecule has 2 rings (SSSR count). The molecule has 4 heteroatoms. The predicted molar refractivity (Wildman–Crippen MR) is 74.1 cm³/mol. The van der Waals surface area contributed by atoms with E-state index in [1.165, 1.54) is 25.7 Å². The summed E-state index contributed by atoms with van der Waals surface area (Å²) in [7, 11) is 0. The minimum Gasteiger partial charge on any atom is -0.481 e. The van der Waals surface area contributed by atoms with Crippen LogP contribution in [0.5, 0.6) is 0 Å². The van der Waals surface area contributed by atoms with Crippen LogP contribution in [0.25, 0.3) is 0 Å². The van der Waals surface area contributed by atoms with Crippen molar-refractivity contribution in [3.63, 3.8) is 0 Å². The molecule has 2 aliphatic rings. The fraction of sp³-hybridized carbons (Fsp3) is 0.933. The van der Waals surface area contributed by atoms with Gasteiger partial charge in [-0.05, 0) is 24.7 Å². The van der Waals surface area contributed by atoms with Crippen molar-refractivity contribution < 1.29 is 14.6 Å². The summed E-state index contributed by atoms with van der Waals surface area (Å²) in [6.07, 6.45) is 5.33. The molecule has 1 saturated carbocycles. The molecule has 4 nitrogen and oxygen atoms in total. The molecule has 110 valence electrons. The maximum atomic E-state index is 11.0. The van der Waals surface area contributed by atoms with Crippen molar-refractivity contribution in [2.24, 2.45) is 11.8 Å². The summed E-state index contributed by atoms with van der Waals surface area (Å²) in [5, 5.41) is 9.07. The summed E-state index contributed by atoms with van der Waals surface area (Å²) < 4.78 is 5.49. The highest BCUT2D eigenvalue weighted by molar-refractivity contribution is 5.67. The average Bonchev–Trinajstić information content (AvgIpc) is 2.38. The molecule has 1 N–H and O–H groups in total. The first-order valence-electron chi connectivity index (χ1n) is 7.65. The van der Waals surface area contributed by atoms with Gasteiger partial charge in [-0.25, -0.2) is 0 Å². The molecular formula is C15H27NO3. The Morgan fingerprint density at radius 1 is 1.37 bits per heavy atom. The summed E-state index contributed by atoms with van der Waals surface area (Å²) in [5.41, 5.74) is 0. The lowest BCUT2D eigenvalue weighted by Crippen LogP contribution is -2.55. The summed E-state index contributed by atoms with van der Waals surface area (Å²) in [6.45, 7) is 6.82. The first-order chi connectivity index (χ1) is 9.09. The number of rotatable bonds is 4. The van der Waals surface area contributed by atoms with Crippen molar-refractivity contribution in [2.45, 2.75) is 58.0 Å². The number of carboxylic acids is 1. The van der Waals surface area contributed by atoms with Crippen LogP contribution in [0.15, 0.2) is 0 Å². The van der Waals surface area contributed by atoms with E-state index >= 15 is 0 Å². The van der Waals surface area contributed by atoms with Crippen LogP contribution in [0.1, 0.15) is 46.0 Å². The van der Waals surface area contributed by atoms with E-state index in [-0.39, 0.29) is 12.5 Å². The van der Waals surface area contributed by atoms with E-state index in [0.29, 0.717) is 24.5 Å². The molecule has 0 amide bonds. The molecule has 0 aromatic carbocycles. The molecule has 0 aromatic heterocycles. The Labute approximate surface area is 116 Å². The van der Waals surface area contributed by atoms with E-state index < -0.39 is 5.97 Å². The maximum Gasteiger partial charge on any atom is 0.305 e. The fourth-order valence-electron chi connectivity index (χ4n) is 3.81. The Kier molecular flexibility index (Phi) is 5.22. The lowest BCUT2D eigenvalue weighted by molar-refractivity contribution is -0.141. The van der Waals surface area contributed by atoms with E-state index in [1.54, 1.807) is 0 Å². The monoisotopic (exact) mass is 269 g/mol. The molecule has 2 fully saturated rings. The number of carbonyl (C=O) groups is 1. The Bertz CT molecular complexity index is 306. The lowest BCUT2D eigenvalue weighted by atomic mass is 9.76. The third-order valence-electron chi connectivity index (χ3n) is 4.75. The maximum absolute atomic E-state index is 11.0. The smallest absolute Gasteiger partial charge is 0.305 e. The van der Waals surface area contributed by atoms with Gasteiger partial charge in [0.15, 0.2) is 0 Å². The van der Waals surface area contributed by atoms with E-state index in [0.717, 1.165) is 13.2 Å². The van der Waals surface area contributed by atoms with Crippen molar-refractivity contribution in [1.82, 2.24) is 4.90 Å². The molecule has 1 heterocycles. The number of ether oxygens (including phenoxy) is 1. The minimum atomic E-state index is -0.711. The number of morpholine rings is 1. The van der Waals surface area contributed by atoms with Crippen molar-refractivity contribution in [3.8, 4) is 0 Å². The topological polar surface area (TPSA) is 49.8 Å². The normalized spacial score (nSPS) is 33.5. The minimum absolute atomic E-state index is 0.0654. The van der Waals surface area contributed by atoms with Crippen LogP contribution in [0.2, 0.25) is 0 Å². The molecule has 0 bridgehead atoms. The van der Waals surface area contributed by atoms with Gasteiger partial charge in [0, 0.05) is 18.6 Å². The molecule has 1 saturated heterocycles. The van der Waals surface area contributed by atoms with Crippen LogP contribution in [0.3, 0.4) is 0 Å². The summed E-state index contributed by atoms with van der Waals surface area (Å²) in [6, 6.07) is 0.623.